The molecular formula is C20H26N2O2. The molecule has 0 spiro atoms. The Kier molecular flexibility index (Phi) is 6.82. The Hall–Kier alpha value is -2.33. The van der Waals surface area contributed by atoms with Crippen molar-refractivity contribution >= 4 is 5.91 Å². The van der Waals surface area contributed by atoms with Gasteiger partial charge in [0.05, 0.1) is 19.1 Å². The van der Waals surface area contributed by atoms with E-state index in [1.807, 2.05) is 63.5 Å². The van der Waals surface area contributed by atoms with Crippen LogP contribution in [0.3, 0.4) is 0 Å². The summed E-state index contributed by atoms with van der Waals surface area (Å²) in [6.07, 6.45) is 0.407. The zero-order valence-corrected chi connectivity index (χ0v) is 14.7. The molecule has 0 aliphatic heterocycles. The van der Waals surface area contributed by atoms with Crippen LogP contribution >= 0.6 is 0 Å². The van der Waals surface area contributed by atoms with Crippen LogP contribution in [0.4, 0.5) is 0 Å². The van der Waals surface area contributed by atoms with Crippen LogP contribution in [0.15, 0.2) is 54.6 Å². The fourth-order valence-corrected chi connectivity index (χ4v) is 2.61. The molecule has 2 rings (SSSR count). The molecule has 1 amide bonds. The van der Waals surface area contributed by atoms with Gasteiger partial charge in [0.1, 0.15) is 5.75 Å². The lowest BCUT2D eigenvalue weighted by Crippen LogP contribution is -2.35. The Bertz CT molecular complexity index is 624. The monoisotopic (exact) mass is 326 g/mol. The smallest absolute Gasteiger partial charge is 0.224 e. The van der Waals surface area contributed by atoms with Crippen molar-refractivity contribution in [2.24, 2.45) is 0 Å². The number of amides is 1. The lowest BCUT2D eigenvalue weighted by atomic mass is 10.1. The van der Waals surface area contributed by atoms with Crippen LogP contribution in [0.5, 0.6) is 5.75 Å². The largest absolute Gasteiger partial charge is 0.494 e. The van der Waals surface area contributed by atoms with E-state index in [0.29, 0.717) is 19.6 Å². The first kappa shape index (κ1) is 18.0. The van der Waals surface area contributed by atoms with E-state index in [4.69, 9.17) is 4.74 Å². The number of hydrogen-bond acceptors (Lipinski definition) is 3. The molecular weight excluding hydrogens is 300 g/mol. The van der Waals surface area contributed by atoms with Crippen LogP contribution in [0.1, 0.15) is 24.1 Å². The third-order valence-corrected chi connectivity index (χ3v) is 3.90. The Morgan fingerprint density at radius 2 is 1.75 bits per heavy atom. The lowest BCUT2D eigenvalue weighted by Gasteiger charge is -2.25. The van der Waals surface area contributed by atoms with Gasteiger partial charge in [-0.1, -0.05) is 42.5 Å². The van der Waals surface area contributed by atoms with Crippen molar-refractivity contribution in [3.05, 3.63) is 65.7 Å². The van der Waals surface area contributed by atoms with Gasteiger partial charge in [0.2, 0.25) is 5.91 Å². The number of rotatable bonds is 8. The van der Waals surface area contributed by atoms with Crippen LogP contribution < -0.4 is 10.1 Å². The highest BCUT2D eigenvalue weighted by Gasteiger charge is 2.15. The molecule has 4 nitrogen and oxygen atoms in total. The van der Waals surface area contributed by atoms with Crippen molar-refractivity contribution in [3.63, 3.8) is 0 Å². The molecule has 1 atom stereocenters. The van der Waals surface area contributed by atoms with E-state index in [9.17, 15) is 4.79 Å². The maximum Gasteiger partial charge on any atom is 0.224 e. The first-order valence-corrected chi connectivity index (χ1v) is 8.30. The molecule has 0 saturated carbocycles. The van der Waals surface area contributed by atoms with Gasteiger partial charge in [-0.05, 0) is 44.3 Å². The second-order valence-electron chi connectivity index (χ2n) is 5.95. The first-order chi connectivity index (χ1) is 11.6. The van der Waals surface area contributed by atoms with Crippen LogP contribution in [-0.4, -0.2) is 38.1 Å². The molecule has 128 valence electrons. The van der Waals surface area contributed by atoms with Crippen molar-refractivity contribution in [2.45, 2.75) is 19.4 Å². The molecule has 4 heteroatoms. The van der Waals surface area contributed by atoms with Crippen molar-refractivity contribution in [1.29, 1.82) is 0 Å². The molecule has 0 aromatic heterocycles. The normalized spacial score (nSPS) is 12.0. The minimum Gasteiger partial charge on any atom is -0.494 e. The van der Waals surface area contributed by atoms with E-state index < -0.39 is 0 Å². The molecule has 2 aromatic carbocycles. The fraction of sp³-hybridized carbons (Fsp3) is 0.350. The molecule has 0 aliphatic carbocycles. The van der Waals surface area contributed by atoms with Gasteiger partial charge in [-0.2, -0.15) is 0 Å². The molecule has 1 unspecified atom stereocenters. The predicted molar refractivity (Wildman–Crippen MR) is 97.2 cm³/mol. The number of carbonyl (C=O) groups excluding carboxylic acids is 1. The average Bonchev–Trinajstić information content (AvgIpc) is 2.57. The van der Waals surface area contributed by atoms with Gasteiger partial charge in [-0.3, -0.25) is 4.79 Å². The molecule has 1 N–H and O–H groups in total. The summed E-state index contributed by atoms with van der Waals surface area (Å²) in [7, 11) is 4.04. The maximum atomic E-state index is 12.2. The maximum absolute atomic E-state index is 12.2. The number of benzene rings is 2. The molecule has 0 aliphatic rings. The number of hydrogen-bond donors (Lipinski definition) is 1. The summed E-state index contributed by atoms with van der Waals surface area (Å²) in [5.41, 5.74) is 2.18. The molecule has 0 radical (unpaired) electrons. The van der Waals surface area contributed by atoms with Gasteiger partial charge in [0, 0.05) is 6.54 Å². The van der Waals surface area contributed by atoms with Crippen LogP contribution in [0.2, 0.25) is 0 Å². The molecule has 0 bridgehead atoms. The van der Waals surface area contributed by atoms with E-state index in [1.54, 1.807) is 0 Å². The molecule has 2 aromatic rings. The molecule has 0 fully saturated rings. The second-order valence-corrected chi connectivity index (χ2v) is 5.95. The molecule has 0 saturated heterocycles. The topological polar surface area (TPSA) is 41.6 Å². The van der Waals surface area contributed by atoms with E-state index in [-0.39, 0.29) is 11.9 Å². The third kappa shape index (κ3) is 5.39. The lowest BCUT2D eigenvalue weighted by molar-refractivity contribution is -0.120. The van der Waals surface area contributed by atoms with E-state index >= 15 is 0 Å². The summed E-state index contributed by atoms with van der Waals surface area (Å²) < 4.78 is 5.48. The van der Waals surface area contributed by atoms with Crippen molar-refractivity contribution < 1.29 is 9.53 Å². The Labute approximate surface area is 144 Å². The van der Waals surface area contributed by atoms with Crippen molar-refractivity contribution in [2.75, 3.05) is 27.2 Å². The van der Waals surface area contributed by atoms with Crippen LogP contribution in [0, 0.1) is 0 Å². The van der Waals surface area contributed by atoms with Crippen molar-refractivity contribution in [1.82, 2.24) is 10.2 Å². The first-order valence-electron chi connectivity index (χ1n) is 8.30. The quantitative estimate of drug-likeness (QED) is 0.811. The SMILES string of the molecule is CCOc1ccc(C(CNC(=O)Cc2ccccc2)N(C)C)cc1. The molecule has 24 heavy (non-hydrogen) atoms. The van der Waals surface area contributed by atoms with E-state index in [0.717, 1.165) is 16.9 Å². The summed E-state index contributed by atoms with van der Waals surface area (Å²) in [5, 5.41) is 3.04. The number of carbonyl (C=O) groups is 1. The standard InChI is InChI=1S/C20H26N2O2/c1-4-24-18-12-10-17(11-13-18)19(22(2)3)15-21-20(23)14-16-8-6-5-7-9-16/h5-13,19H,4,14-15H2,1-3H3,(H,21,23). The summed E-state index contributed by atoms with van der Waals surface area (Å²) in [6, 6.07) is 18.0. The van der Waals surface area contributed by atoms with Gasteiger partial charge in [0.15, 0.2) is 0 Å². The van der Waals surface area contributed by atoms with E-state index in [1.165, 1.54) is 0 Å². The van der Waals surface area contributed by atoms with Crippen LogP contribution in [0.25, 0.3) is 0 Å². The van der Waals surface area contributed by atoms with Gasteiger partial charge in [-0.15, -0.1) is 0 Å². The summed E-state index contributed by atoms with van der Waals surface area (Å²) in [5.74, 6) is 0.908. The zero-order chi connectivity index (χ0) is 17.4. The van der Waals surface area contributed by atoms with Gasteiger partial charge in [0.25, 0.3) is 0 Å². The Balaban J connectivity index is 1.94. The highest BCUT2D eigenvalue weighted by Crippen LogP contribution is 2.21. The highest BCUT2D eigenvalue weighted by atomic mass is 16.5. The van der Waals surface area contributed by atoms with Crippen molar-refractivity contribution in [3.8, 4) is 5.75 Å². The second kappa shape index (κ2) is 9.08. The fourth-order valence-electron chi connectivity index (χ4n) is 2.61. The van der Waals surface area contributed by atoms with Gasteiger partial charge in [-0.25, -0.2) is 0 Å². The minimum absolute atomic E-state index is 0.0407. The zero-order valence-electron chi connectivity index (χ0n) is 14.7. The summed E-state index contributed by atoms with van der Waals surface area (Å²) in [6.45, 7) is 3.21. The minimum atomic E-state index is 0.0407. The number of nitrogens with zero attached hydrogens (tertiary/aromatic N) is 1. The van der Waals surface area contributed by atoms with E-state index in [2.05, 4.69) is 22.3 Å². The number of ether oxygens (including phenoxy) is 1. The number of nitrogens with one attached hydrogen (secondary N) is 1. The third-order valence-electron chi connectivity index (χ3n) is 3.90. The number of likely N-dealkylation sites (N-methyl/N-ethyl adjacent to an activating group) is 1. The Morgan fingerprint density at radius 1 is 1.08 bits per heavy atom. The molecule has 0 heterocycles. The summed E-state index contributed by atoms with van der Waals surface area (Å²) in [4.78, 5) is 14.3. The van der Waals surface area contributed by atoms with Crippen LogP contribution in [-0.2, 0) is 11.2 Å². The Morgan fingerprint density at radius 3 is 2.33 bits per heavy atom. The van der Waals surface area contributed by atoms with Gasteiger partial charge < -0.3 is 15.0 Å². The predicted octanol–water partition coefficient (Wildman–Crippen LogP) is 3.05. The highest BCUT2D eigenvalue weighted by molar-refractivity contribution is 5.78. The van der Waals surface area contributed by atoms with Gasteiger partial charge >= 0.3 is 0 Å². The average molecular weight is 326 g/mol. The summed E-state index contributed by atoms with van der Waals surface area (Å²) >= 11 is 0.